The molecule has 0 amide bonds. The summed E-state index contributed by atoms with van der Waals surface area (Å²) in [7, 11) is 0. The molecule has 1 saturated carbocycles. The number of benzene rings is 4. The monoisotopic (exact) mass is 912 g/mol. The van der Waals surface area contributed by atoms with Gasteiger partial charge in [0.1, 0.15) is 0 Å². The second kappa shape index (κ2) is 20.9. The molecule has 4 aromatic carbocycles. The Bertz CT molecular complexity index is 2900. The van der Waals surface area contributed by atoms with E-state index in [4.69, 9.17) is 0 Å². The van der Waals surface area contributed by atoms with Crippen LogP contribution in [0.3, 0.4) is 0 Å². The van der Waals surface area contributed by atoms with Crippen LogP contribution in [0.25, 0.3) is 0 Å². The Hall–Kier alpha value is -6.99. The lowest BCUT2D eigenvalue weighted by molar-refractivity contribution is 0.205. The Balaban J connectivity index is 0.000000128. The van der Waals surface area contributed by atoms with Crippen molar-refractivity contribution in [3.8, 4) is 17.2 Å². The molecule has 3 atom stereocenters. The largest absolute Gasteiger partial charge is 0.503 e. The highest BCUT2D eigenvalue weighted by Gasteiger charge is 2.43. The molecule has 3 aromatic heterocycles. The van der Waals surface area contributed by atoms with Crippen molar-refractivity contribution in [1.29, 1.82) is 0 Å². The second-order valence-electron chi connectivity index (χ2n) is 18.6. The van der Waals surface area contributed by atoms with E-state index in [-0.39, 0.29) is 39.5 Å². The number of hydrogen-bond acceptors (Lipinski definition) is 9. The van der Waals surface area contributed by atoms with Gasteiger partial charge in [0.2, 0.25) is 16.3 Å². The summed E-state index contributed by atoms with van der Waals surface area (Å²) >= 11 is 0. The summed E-state index contributed by atoms with van der Waals surface area (Å²) in [6.45, 7) is 11.6. The molecule has 1 aliphatic carbocycles. The first-order valence-electron chi connectivity index (χ1n) is 23.7. The number of nitrogens with zero attached hydrogens (tertiary/aromatic N) is 6. The molecule has 0 radical (unpaired) electrons. The summed E-state index contributed by atoms with van der Waals surface area (Å²) < 4.78 is 5.95. The third-order valence-electron chi connectivity index (χ3n) is 13.9. The van der Waals surface area contributed by atoms with Gasteiger partial charge in [-0.3, -0.25) is 29.1 Å². The molecule has 1 fully saturated rings. The molecule has 3 N–H and O–H groups in total. The van der Waals surface area contributed by atoms with Crippen LogP contribution in [0.4, 0.5) is 0 Å². The van der Waals surface area contributed by atoms with Gasteiger partial charge in [-0.05, 0) is 34.6 Å². The first-order chi connectivity index (χ1) is 33.1. The van der Waals surface area contributed by atoms with Crippen LogP contribution in [0, 0.1) is 0 Å². The van der Waals surface area contributed by atoms with Crippen LogP contribution in [0.2, 0.25) is 0 Å². The van der Waals surface area contributed by atoms with Crippen LogP contribution in [-0.4, -0.2) is 82.5 Å². The summed E-state index contributed by atoms with van der Waals surface area (Å²) in [5.74, 6) is 0.884. The van der Waals surface area contributed by atoms with E-state index in [1.54, 1.807) is 36.8 Å². The average molecular weight is 913 g/mol. The minimum atomic E-state index is -0.305. The molecule has 12 heteroatoms. The molecule has 7 aromatic rings. The Morgan fingerprint density at radius 3 is 1.35 bits per heavy atom. The van der Waals surface area contributed by atoms with E-state index in [9.17, 15) is 29.7 Å². The van der Waals surface area contributed by atoms with Gasteiger partial charge in [-0.2, -0.15) is 0 Å². The van der Waals surface area contributed by atoms with Crippen LogP contribution in [-0.2, 0) is 39.3 Å². The topological polar surface area (TPSA) is 136 Å². The van der Waals surface area contributed by atoms with Gasteiger partial charge in [0, 0.05) is 125 Å². The average Bonchev–Trinajstić information content (AvgIpc) is 4.17. The van der Waals surface area contributed by atoms with Crippen LogP contribution in [0.1, 0.15) is 70.4 Å². The zero-order valence-electron chi connectivity index (χ0n) is 38.6. The van der Waals surface area contributed by atoms with Gasteiger partial charge in [-0.1, -0.05) is 128 Å². The SMILES string of the molecule is CC(CN1CCn2cc(O)c(=O)cc2C1)c1ccccc1.O=c1cc2n(cc1O)CCN(C1CC1c1ccccc1)C2.O=c1cc2n(cc1O)CCN(CC(c1ccccc1)c1ccccc1)C2. The van der Waals surface area contributed by atoms with Crippen molar-refractivity contribution in [1.82, 2.24) is 28.4 Å². The molecule has 350 valence electrons. The maximum atomic E-state index is 11.8. The van der Waals surface area contributed by atoms with Crippen molar-refractivity contribution in [2.24, 2.45) is 0 Å². The smallest absolute Gasteiger partial charge is 0.223 e. The molecule has 11 rings (SSSR count). The number of aromatic nitrogens is 3. The summed E-state index contributed by atoms with van der Waals surface area (Å²) in [5.41, 5.74) is 7.41. The highest BCUT2D eigenvalue weighted by Crippen LogP contribution is 2.45. The first-order valence-corrected chi connectivity index (χ1v) is 23.7. The molecule has 0 bridgehead atoms. The van der Waals surface area contributed by atoms with E-state index in [2.05, 4.69) is 125 Å². The number of hydrogen-bond donors (Lipinski definition) is 3. The van der Waals surface area contributed by atoms with Crippen molar-refractivity contribution in [3.63, 3.8) is 0 Å². The molecule has 3 aliphatic heterocycles. The fourth-order valence-corrected chi connectivity index (χ4v) is 10.0. The van der Waals surface area contributed by atoms with Crippen LogP contribution >= 0.6 is 0 Å². The first kappa shape index (κ1) is 46.1. The van der Waals surface area contributed by atoms with Gasteiger partial charge < -0.3 is 29.0 Å². The molecule has 6 heterocycles. The Morgan fingerprint density at radius 1 is 0.485 bits per heavy atom. The maximum absolute atomic E-state index is 11.8. The Labute approximate surface area is 396 Å². The van der Waals surface area contributed by atoms with E-state index in [1.165, 1.54) is 28.7 Å². The van der Waals surface area contributed by atoms with Gasteiger partial charge in [0.25, 0.3) is 0 Å². The predicted octanol–water partition coefficient (Wildman–Crippen LogP) is 7.30. The van der Waals surface area contributed by atoms with Gasteiger partial charge in [-0.15, -0.1) is 0 Å². The van der Waals surface area contributed by atoms with Gasteiger partial charge in [0.05, 0.1) is 18.6 Å². The van der Waals surface area contributed by atoms with E-state index >= 15 is 0 Å². The lowest BCUT2D eigenvalue weighted by Crippen LogP contribution is -2.37. The molecule has 0 saturated heterocycles. The molecular formula is C56H60N6O6. The minimum Gasteiger partial charge on any atom is -0.503 e. The van der Waals surface area contributed by atoms with Gasteiger partial charge >= 0.3 is 0 Å². The number of fused-ring (bicyclic) bond motifs is 3. The lowest BCUT2D eigenvalue weighted by atomic mass is 9.90. The fraction of sp³-hybridized carbons (Fsp3) is 0.304. The number of aromatic hydroxyl groups is 3. The molecule has 4 aliphatic rings. The standard InChI is InChI=1S/C22H22N2O2.C17H18N2O2.C17H20N2O2/c25-21-13-19-14-23(11-12-24(19)16-22(21)26)15-20(17-7-3-1-4-8-17)18-9-5-2-6-10-18;20-16-8-13-10-19(7-6-18(13)11-17(16)21)15-9-14(15)12-4-2-1-3-5-12;1-13(14-5-3-2-4-6-14)10-18-7-8-19-12-17(21)16(20)9-15(19)11-18/h1-10,13,16,20,26H,11-12,14-15H2;1-5,8,11,14-15,21H,6-7,9-10H2;2-6,9,12-13,21H,7-8,10-11H2,1H3. The minimum absolute atomic E-state index is 0.152. The second-order valence-corrected chi connectivity index (χ2v) is 18.6. The van der Waals surface area contributed by atoms with E-state index in [1.807, 2.05) is 31.9 Å². The number of pyridine rings is 3. The lowest BCUT2D eigenvalue weighted by Gasteiger charge is -2.33. The molecular weight excluding hydrogens is 853 g/mol. The van der Waals surface area contributed by atoms with Crippen molar-refractivity contribution in [2.75, 3.05) is 32.7 Å². The summed E-state index contributed by atoms with van der Waals surface area (Å²) in [4.78, 5) is 42.1. The highest BCUT2D eigenvalue weighted by atomic mass is 16.3. The summed E-state index contributed by atoms with van der Waals surface area (Å²) in [6, 6.07) is 47.5. The zero-order chi connectivity index (χ0) is 47.1. The van der Waals surface area contributed by atoms with Crippen molar-refractivity contribution in [2.45, 2.75) is 76.4 Å². The van der Waals surface area contributed by atoms with Crippen LogP contribution in [0.15, 0.2) is 173 Å². The van der Waals surface area contributed by atoms with Crippen molar-refractivity contribution < 1.29 is 15.3 Å². The quantitative estimate of drug-likeness (QED) is 0.136. The molecule has 0 spiro atoms. The third kappa shape index (κ3) is 11.1. The highest BCUT2D eigenvalue weighted by molar-refractivity contribution is 5.34. The van der Waals surface area contributed by atoms with E-state index in [0.29, 0.717) is 24.4 Å². The Kier molecular flexibility index (Phi) is 14.2. The number of rotatable bonds is 9. The normalized spacial score (nSPS) is 18.1. The van der Waals surface area contributed by atoms with Crippen molar-refractivity contribution >= 4 is 0 Å². The molecule has 12 nitrogen and oxygen atoms in total. The van der Waals surface area contributed by atoms with Crippen molar-refractivity contribution in [3.05, 3.63) is 228 Å². The maximum Gasteiger partial charge on any atom is 0.223 e. The van der Waals surface area contributed by atoms with Crippen LogP contribution < -0.4 is 16.3 Å². The Morgan fingerprint density at radius 2 is 0.882 bits per heavy atom. The summed E-state index contributed by atoms with van der Waals surface area (Å²) in [6.07, 6.45) is 5.87. The molecule has 3 unspecified atom stereocenters. The summed E-state index contributed by atoms with van der Waals surface area (Å²) in [5, 5.41) is 28.6. The molecule has 68 heavy (non-hydrogen) atoms. The third-order valence-corrected chi connectivity index (χ3v) is 13.9. The fourth-order valence-electron chi connectivity index (χ4n) is 10.0. The van der Waals surface area contributed by atoms with E-state index < -0.39 is 0 Å². The van der Waals surface area contributed by atoms with Crippen LogP contribution in [0.5, 0.6) is 17.2 Å². The predicted molar refractivity (Wildman–Crippen MR) is 265 cm³/mol. The van der Waals surface area contributed by atoms with Gasteiger partial charge in [-0.25, -0.2) is 0 Å². The van der Waals surface area contributed by atoms with Gasteiger partial charge in [0.15, 0.2) is 17.2 Å². The van der Waals surface area contributed by atoms with E-state index in [0.717, 1.165) is 82.5 Å². The zero-order valence-corrected chi connectivity index (χ0v) is 38.6.